The summed E-state index contributed by atoms with van der Waals surface area (Å²) in [5.41, 5.74) is 2.86. The van der Waals surface area contributed by atoms with Gasteiger partial charge in [0.25, 0.3) is 0 Å². The van der Waals surface area contributed by atoms with Crippen LogP contribution in [0.15, 0.2) is 24.4 Å². The van der Waals surface area contributed by atoms with Crippen molar-refractivity contribution in [2.75, 3.05) is 7.11 Å². The van der Waals surface area contributed by atoms with Crippen LogP contribution in [0, 0.1) is 6.92 Å². The predicted octanol–water partition coefficient (Wildman–Crippen LogP) is 2.29. The molecule has 0 amide bonds. The smallest absolute Gasteiger partial charge is 0.130 e. The number of aromatic nitrogens is 2. The Balaban J connectivity index is 1.95. The average Bonchev–Trinajstić information content (AvgIpc) is 2.78. The van der Waals surface area contributed by atoms with Crippen molar-refractivity contribution in [2.45, 2.75) is 25.6 Å². The number of aryl methyl sites for hydroxylation is 1. The summed E-state index contributed by atoms with van der Waals surface area (Å²) in [6.07, 6.45) is 1.60. The fourth-order valence-corrected chi connectivity index (χ4v) is 2.57. The number of rotatable bonds is 2. The number of nitrogens with zero attached hydrogens (tertiary/aromatic N) is 2. The second-order valence-corrected chi connectivity index (χ2v) is 5.07. The fourth-order valence-electron chi connectivity index (χ4n) is 2.57. The van der Waals surface area contributed by atoms with Gasteiger partial charge >= 0.3 is 0 Å². The Kier molecular flexibility index (Phi) is 3.14. The Morgan fingerprint density at radius 3 is 2.85 bits per heavy atom. The molecule has 2 aromatic rings. The summed E-state index contributed by atoms with van der Waals surface area (Å²) < 4.78 is 13.0. The van der Waals surface area contributed by atoms with E-state index in [4.69, 9.17) is 9.47 Å². The maximum absolute atomic E-state index is 10.3. The molecule has 1 aliphatic heterocycles. The molecule has 5 nitrogen and oxygen atoms in total. The van der Waals surface area contributed by atoms with Gasteiger partial charge in [0.2, 0.25) is 0 Å². The van der Waals surface area contributed by atoms with E-state index in [-0.39, 0.29) is 6.10 Å². The van der Waals surface area contributed by atoms with E-state index in [2.05, 4.69) is 5.10 Å². The van der Waals surface area contributed by atoms with Gasteiger partial charge in [-0.15, -0.1) is 0 Å². The molecular formula is C15H18N2O3. The molecule has 20 heavy (non-hydrogen) atoms. The van der Waals surface area contributed by atoms with Crippen molar-refractivity contribution < 1.29 is 14.6 Å². The van der Waals surface area contributed by atoms with Gasteiger partial charge in [-0.05, 0) is 25.1 Å². The molecule has 0 spiro atoms. The minimum Gasteiger partial charge on any atom is -0.497 e. The molecule has 1 unspecified atom stereocenters. The van der Waals surface area contributed by atoms with Gasteiger partial charge in [0, 0.05) is 30.3 Å². The van der Waals surface area contributed by atoms with Crippen molar-refractivity contribution in [3.63, 3.8) is 0 Å². The molecule has 0 saturated heterocycles. The van der Waals surface area contributed by atoms with Crippen LogP contribution in [0.5, 0.6) is 11.5 Å². The van der Waals surface area contributed by atoms with Crippen LogP contribution in [0.3, 0.4) is 0 Å². The van der Waals surface area contributed by atoms with Crippen molar-refractivity contribution in [2.24, 2.45) is 7.05 Å². The lowest BCUT2D eigenvalue weighted by Crippen LogP contribution is -2.19. The standard InChI is InChI=1S/C15H18N2O3/c1-9-12(8-16-17(9)2)15-7-13(18)11-6-10(19-3)4-5-14(11)20-15/h4-6,8,13,15,18H,7H2,1-3H3/t13-,15?/m1/s1. The van der Waals surface area contributed by atoms with Crippen LogP contribution in [0.1, 0.15) is 35.4 Å². The van der Waals surface area contributed by atoms with Crippen LogP contribution < -0.4 is 9.47 Å². The van der Waals surface area contributed by atoms with Crippen molar-refractivity contribution in [3.8, 4) is 11.5 Å². The normalized spacial score (nSPS) is 21.2. The van der Waals surface area contributed by atoms with Crippen molar-refractivity contribution in [1.29, 1.82) is 0 Å². The summed E-state index contributed by atoms with van der Waals surface area (Å²) in [6, 6.07) is 5.51. The molecular weight excluding hydrogens is 256 g/mol. The van der Waals surface area contributed by atoms with E-state index in [9.17, 15) is 5.11 Å². The summed E-state index contributed by atoms with van der Waals surface area (Å²) in [5, 5.41) is 14.6. The zero-order valence-electron chi connectivity index (χ0n) is 11.8. The van der Waals surface area contributed by atoms with Crippen LogP contribution in [-0.2, 0) is 7.05 Å². The lowest BCUT2D eigenvalue weighted by Gasteiger charge is -2.29. The highest BCUT2D eigenvalue weighted by Gasteiger charge is 2.30. The van der Waals surface area contributed by atoms with Gasteiger partial charge in [0.15, 0.2) is 0 Å². The molecule has 2 heterocycles. The van der Waals surface area contributed by atoms with E-state index >= 15 is 0 Å². The first-order chi connectivity index (χ1) is 9.60. The molecule has 0 aliphatic carbocycles. The van der Waals surface area contributed by atoms with Gasteiger partial charge in [-0.25, -0.2) is 0 Å². The molecule has 0 radical (unpaired) electrons. The summed E-state index contributed by atoms with van der Waals surface area (Å²) in [4.78, 5) is 0. The zero-order valence-corrected chi connectivity index (χ0v) is 11.8. The van der Waals surface area contributed by atoms with Gasteiger partial charge in [-0.1, -0.05) is 0 Å². The molecule has 0 saturated carbocycles. The number of aliphatic hydroxyl groups excluding tert-OH is 1. The predicted molar refractivity (Wildman–Crippen MR) is 73.9 cm³/mol. The minimum absolute atomic E-state index is 0.167. The number of benzene rings is 1. The van der Waals surface area contributed by atoms with Crippen molar-refractivity contribution in [1.82, 2.24) is 9.78 Å². The molecule has 1 aliphatic rings. The number of hydrogen-bond donors (Lipinski definition) is 1. The summed E-state index contributed by atoms with van der Waals surface area (Å²) >= 11 is 0. The van der Waals surface area contributed by atoms with Gasteiger partial charge in [0.05, 0.1) is 19.4 Å². The van der Waals surface area contributed by atoms with Crippen LogP contribution in [0.4, 0.5) is 0 Å². The first-order valence-electron chi connectivity index (χ1n) is 6.61. The van der Waals surface area contributed by atoms with Crippen LogP contribution in [0.25, 0.3) is 0 Å². The van der Waals surface area contributed by atoms with E-state index < -0.39 is 6.10 Å². The van der Waals surface area contributed by atoms with Crippen LogP contribution in [0.2, 0.25) is 0 Å². The lowest BCUT2D eigenvalue weighted by atomic mass is 9.95. The van der Waals surface area contributed by atoms with Gasteiger partial charge in [-0.2, -0.15) is 5.10 Å². The maximum atomic E-state index is 10.3. The molecule has 3 rings (SSSR count). The van der Waals surface area contributed by atoms with Crippen molar-refractivity contribution in [3.05, 3.63) is 41.2 Å². The SMILES string of the molecule is COc1ccc2c(c1)[C@H](O)CC(c1cnn(C)c1C)O2. The summed E-state index contributed by atoms with van der Waals surface area (Å²) in [5.74, 6) is 1.43. The maximum Gasteiger partial charge on any atom is 0.130 e. The van der Waals surface area contributed by atoms with Crippen molar-refractivity contribution >= 4 is 0 Å². The highest BCUT2D eigenvalue weighted by Crippen LogP contribution is 2.42. The molecule has 0 bridgehead atoms. The Morgan fingerprint density at radius 1 is 1.40 bits per heavy atom. The van der Waals surface area contributed by atoms with Gasteiger partial charge in [-0.3, -0.25) is 4.68 Å². The van der Waals surface area contributed by atoms with E-state index in [1.54, 1.807) is 13.3 Å². The molecule has 1 aromatic heterocycles. The Hall–Kier alpha value is -2.01. The molecule has 5 heteroatoms. The molecule has 1 N–H and O–H groups in total. The zero-order chi connectivity index (χ0) is 14.3. The van der Waals surface area contributed by atoms with Gasteiger partial charge in [0.1, 0.15) is 17.6 Å². The Morgan fingerprint density at radius 2 is 2.20 bits per heavy atom. The molecule has 0 fully saturated rings. The third kappa shape index (κ3) is 2.04. The topological polar surface area (TPSA) is 56.5 Å². The first kappa shape index (κ1) is 13.0. The summed E-state index contributed by atoms with van der Waals surface area (Å²) in [6.45, 7) is 2.00. The summed E-state index contributed by atoms with van der Waals surface area (Å²) in [7, 11) is 3.51. The number of methoxy groups -OCH3 is 1. The Bertz CT molecular complexity index is 636. The van der Waals surface area contributed by atoms with E-state index in [1.807, 2.05) is 36.9 Å². The van der Waals surface area contributed by atoms with E-state index in [0.29, 0.717) is 12.2 Å². The van der Waals surface area contributed by atoms with Crippen LogP contribution >= 0.6 is 0 Å². The number of ether oxygens (including phenoxy) is 2. The first-order valence-corrected chi connectivity index (χ1v) is 6.61. The Labute approximate surface area is 117 Å². The molecule has 2 atom stereocenters. The number of hydrogen-bond acceptors (Lipinski definition) is 4. The third-order valence-corrected chi connectivity index (χ3v) is 3.90. The highest BCUT2D eigenvalue weighted by molar-refractivity contribution is 5.43. The quantitative estimate of drug-likeness (QED) is 0.913. The highest BCUT2D eigenvalue weighted by atomic mass is 16.5. The number of aliphatic hydroxyl groups is 1. The van der Waals surface area contributed by atoms with Crippen LogP contribution in [-0.4, -0.2) is 22.0 Å². The molecule has 1 aromatic carbocycles. The second kappa shape index (κ2) is 4.83. The lowest BCUT2D eigenvalue weighted by molar-refractivity contribution is 0.0651. The number of fused-ring (bicyclic) bond motifs is 1. The monoisotopic (exact) mass is 274 g/mol. The third-order valence-electron chi connectivity index (χ3n) is 3.90. The van der Waals surface area contributed by atoms with Gasteiger partial charge < -0.3 is 14.6 Å². The average molecular weight is 274 g/mol. The molecule has 106 valence electrons. The minimum atomic E-state index is -0.557. The van der Waals surface area contributed by atoms with E-state index in [1.165, 1.54) is 0 Å². The second-order valence-electron chi connectivity index (χ2n) is 5.07. The van der Waals surface area contributed by atoms with E-state index in [0.717, 1.165) is 22.6 Å². The fraction of sp³-hybridized carbons (Fsp3) is 0.400. The largest absolute Gasteiger partial charge is 0.497 e.